The first kappa shape index (κ1) is 14.7. The summed E-state index contributed by atoms with van der Waals surface area (Å²) in [6.45, 7) is -0.201. The zero-order valence-electron chi connectivity index (χ0n) is 11.7. The van der Waals surface area contributed by atoms with Crippen molar-refractivity contribution in [2.24, 2.45) is 12.2 Å². The Morgan fingerprint density at radius 1 is 1.48 bits per heavy atom. The molecule has 0 bridgehead atoms. The van der Waals surface area contributed by atoms with E-state index in [-0.39, 0.29) is 18.2 Å². The van der Waals surface area contributed by atoms with E-state index in [2.05, 4.69) is 20.7 Å². The Bertz CT molecular complexity index is 624. The van der Waals surface area contributed by atoms with Crippen LogP contribution in [0.3, 0.4) is 0 Å². The molecular weight excluding hydrogens is 274 g/mol. The summed E-state index contributed by atoms with van der Waals surface area (Å²) in [6, 6.07) is 5.31. The van der Waals surface area contributed by atoms with Crippen molar-refractivity contribution in [3.63, 3.8) is 0 Å². The molecule has 0 aromatic carbocycles. The molecule has 0 radical (unpaired) electrons. The number of pyridine rings is 1. The molecule has 8 heteroatoms. The van der Waals surface area contributed by atoms with Crippen LogP contribution in [0.25, 0.3) is 0 Å². The topological polar surface area (TPSA) is 90.6 Å². The number of aryl methyl sites for hydroxylation is 1. The van der Waals surface area contributed by atoms with Crippen molar-refractivity contribution >= 4 is 11.6 Å². The van der Waals surface area contributed by atoms with Crippen molar-refractivity contribution in [2.45, 2.75) is 0 Å². The van der Waals surface area contributed by atoms with Gasteiger partial charge >= 0.3 is 0 Å². The second-order valence-electron chi connectivity index (χ2n) is 4.06. The smallest absolute Gasteiger partial charge is 0.215 e. The summed E-state index contributed by atoms with van der Waals surface area (Å²) < 4.78 is 1.54. The van der Waals surface area contributed by atoms with Gasteiger partial charge in [0.15, 0.2) is 6.61 Å². The number of nitrogens with one attached hydrogen (secondary N) is 1. The van der Waals surface area contributed by atoms with Gasteiger partial charge in [0.2, 0.25) is 11.6 Å². The number of hydrogen-bond donors (Lipinski definition) is 1. The van der Waals surface area contributed by atoms with Gasteiger partial charge in [-0.2, -0.15) is 5.10 Å². The highest BCUT2D eigenvalue weighted by atomic mass is 16.7. The highest BCUT2D eigenvalue weighted by Crippen LogP contribution is 2.00. The molecule has 0 unspecified atom stereocenters. The first-order valence-corrected chi connectivity index (χ1v) is 6.13. The van der Waals surface area contributed by atoms with E-state index in [4.69, 9.17) is 9.68 Å². The minimum atomic E-state index is -0.218. The molecule has 2 heterocycles. The lowest BCUT2D eigenvalue weighted by Gasteiger charge is -2.06. The van der Waals surface area contributed by atoms with Gasteiger partial charge < -0.3 is 4.84 Å². The number of oxime groups is 1. The van der Waals surface area contributed by atoms with Crippen LogP contribution in [0.2, 0.25) is 0 Å². The minimum Gasteiger partial charge on any atom is -0.386 e. The number of Topliss-reactive ketones (excluding diaryl/α,β-unsaturated/α-hetero) is 1. The summed E-state index contributed by atoms with van der Waals surface area (Å²) in [6.07, 6.45) is 4.70. The van der Waals surface area contributed by atoms with E-state index in [1.165, 1.54) is 13.3 Å². The maximum atomic E-state index is 11.8. The zero-order chi connectivity index (χ0) is 15.1. The molecule has 0 spiro atoms. The van der Waals surface area contributed by atoms with Gasteiger partial charge in [0.25, 0.3) is 0 Å². The Morgan fingerprint density at radius 3 is 2.95 bits per heavy atom. The molecule has 0 saturated heterocycles. The lowest BCUT2D eigenvalue weighted by atomic mass is 10.2. The molecule has 2 rings (SSSR count). The fourth-order valence-electron chi connectivity index (χ4n) is 1.52. The summed E-state index contributed by atoms with van der Waals surface area (Å²) >= 11 is 0. The fraction of sp³-hybridized carbons (Fsp3) is 0.231. The van der Waals surface area contributed by atoms with Gasteiger partial charge in [0, 0.05) is 19.4 Å². The Labute approximate surface area is 121 Å². The average Bonchev–Trinajstić information content (AvgIpc) is 2.94. The number of rotatable bonds is 6. The molecule has 2 aromatic heterocycles. The number of aromatic nitrogens is 3. The molecular formula is C13H15N5O3. The molecule has 0 atom stereocenters. The average molecular weight is 289 g/mol. The third-order valence-corrected chi connectivity index (χ3v) is 2.48. The van der Waals surface area contributed by atoms with Gasteiger partial charge in [-0.15, -0.1) is 0 Å². The van der Waals surface area contributed by atoms with Gasteiger partial charge in [0.1, 0.15) is 5.69 Å². The van der Waals surface area contributed by atoms with E-state index in [9.17, 15) is 4.79 Å². The SMILES string of the molecule is CONC(=NOCC(=O)c1cnn(C)c1)c1ccccn1. The highest BCUT2D eigenvalue weighted by molar-refractivity contribution is 5.97. The van der Waals surface area contributed by atoms with Crippen LogP contribution >= 0.6 is 0 Å². The minimum absolute atomic E-state index is 0.201. The number of ketones is 1. The fourth-order valence-corrected chi connectivity index (χ4v) is 1.52. The largest absolute Gasteiger partial charge is 0.386 e. The number of carbonyl (C=O) groups excluding carboxylic acids is 1. The van der Waals surface area contributed by atoms with Gasteiger partial charge in [0.05, 0.1) is 18.9 Å². The number of amidine groups is 1. The first-order chi connectivity index (χ1) is 10.2. The molecule has 0 fully saturated rings. The van der Waals surface area contributed by atoms with E-state index in [0.717, 1.165) is 0 Å². The Hall–Kier alpha value is -2.74. The predicted molar refractivity (Wildman–Crippen MR) is 74.4 cm³/mol. The summed E-state index contributed by atoms with van der Waals surface area (Å²) in [5, 5.41) is 7.75. The van der Waals surface area contributed by atoms with E-state index >= 15 is 0 Å². The second kappa shape index (κ2) is 7.15. The summed E-state index contributed by atoms with van der Waals surface area (Å²) in [7, 11) is 3.18. The van der Waals surface area contributed by atoms with Crippen molar-refractivity contribution in [1.29, 1.82) is 0 Å². The van der Waals surface area contributed by atoms with Gasteiger partial charge in [-0.1, -0.05) is 11.2 Å². The normalized spacial score (nSPS) is 11.2. The van der Waals surface area contributed by atoms with Crippen LogP contribution in [0.1, 0.15) is 16.1 Å². The lowest BCUT2D eigenvalue weighted by molar-refractivity contribution is 0.0757. The Kier molecular flexibility index (Phi) is 4.99. The molecule has 110 valence electrons. The molecule has 0 saturated carbocycles. The van der Waals surface area contributed by atoms with E-state index in [1.54, 1.807) is 42.3 Å². The van der Waals surface area contributed by atoms with Crippen LogP contribution in [-0.2, 0) is 16.7 Å². The van der Waals surface area contributed by atoms with Crippen LogP contribution < -0.4 is 5.48 Å². The predicted octanol–water partition coefficient (Wildman–Crippen LogP) is 0.527. The number of nitrogens with zero attached hydrogens (tertiary/aromatic N) is 4. The Morgan fingerprint density at radius 2 is 2.33 bits per heavy atom. The highest BCUT2D eigenvalue weighted by Gasteiger charge is 2.10. The van der Waals surface area contributed by atoms with E-state index in [0.29, 0.717) is 11.3 Å². The maximum absolute atomic E-state index is 11.8. The van der Waals surface area contributed by atoms with Crippen molar-refractivity contribution in [2.75, 3.05) is 13.7 Å². The molecule has 0 amide bonds. The van der Waals surface area contributed by atoms with Crippen molar-refractivity contribution in [1.82, 2.24) is 20.2 Å². The van der Waals surface area contributed by atoms with E-state index in [1.807, 2.05) is 0 Å². The zero-order valence-corrected chi connectivity index (χ0v) is 11.7. The van der Waals surface area contributed by atoms with E-state index < -0.39 is 0 Å². The van der Waals surface area contributed by atoms with Crippen LogP contribution in [0.15, 0.2) is 41.9 Å². The number of hydroxylamine groups is 1. The van der Waals surface area contributed by atoms with Crippen molar-refractivity contribution < 1.29 is 14.5 Å². The standard InChI is InChI=1S/C13H15N5O3/c1-18-8-10(7-15-18)12(19)9-21-17-13(16-20-2)11-5-3-4-6-14-11/h3-8H,9H2,1-2H3,(H,16,17). The molecule has 0 aliphatic rings. The number of hydrogen-bond acceptors (Lipinski definition) is 6. The monoisotopic (exact) mass is 289 g/mol. The number of carbonyl (C=O) groups is 1. The van der Waals surface area contributed by atoms with Gasteiger partial charge in [-0.25, -0.2) is 5.48 Å². The molecule has 21 heavy (non-hydrogen) atoms. The summed E-state index contributed by atoms with van der Waals surface area (Å²) in [5.41, 5.74) is 3.55. The molecule has 0 aliphatic heterocycles. The quantitative estimate of drug-likeness (QED) is 0.361. The Balaban J connectivity index is 1.99. The molecule has 1 N–H and O–H groups in total. The maximum Gasteiger partial charge on any atom is 0.215 e. The third kappa shape index (κ3) is 4.11. The van der Waals surface area contributed by atoms with Crippen LogP contribution in [-0.4, -0.2) is 40.1 Å². The van der Waals surface area contributed by atoms with Crippen LogP contribution in [0, 0.1) is 0 Å². The molecule has 8 nitrogen and oxygen atoms in total. The van der Waals surface area contributed by atoms with Crippen LogP contribution in [0.5, 0.6) is 0 Å². The first-order valence-electron chi connectivity index (χ1n) is 6.13. The van der Waals surface area contributed by atoms with Crippen molar-refractivity contribution in [3.8, 4) is 0 Å². The van der Waals surface area contributed by atoms with Gasteiger partial charge in [-0.05, 0) is 12.1 Å². The summed E-state index contributed by atoms with van der Waals surface area (Å²) in [5.74, 6) is 0.0572. The van der Waals surface area contributed by atoms with Gasteiger partial charge in [-0.3, -0.25) is 19.3 Å². The molecule has 0 aliphatic carbocycles. The summed E-state index contributed by atoms with van der Waals surface area (Å²) in [4.78, 5) is 25.8. The van der Waals surface area contributed by atoms with Crippen molar-refractivity contribution in [3.05, 3.63) is 48.0 Å². The second-order valence-corrected chi connectivity index (χ2v) is 4.06. The lowest BCUT2D eigenvalue weighted by Crippen LogP contribution is -2.25. The van der Waals surface area contributed by atoms with Crippen LogP contribution in [0.4, 0.5) is 0 Å². The third-order valence-electron chi connectivity index (χ3n) is 2.48. The molecule has 2 aromatic rings.